The summed E-state index contributed by atoms with van der Waals surface area (Å²) in [5.74, 6) is 5.84. The molecule has 0 unspecified atom stereocenters. The van der Waals surface area contributed by atoms with E-state index in [0.717, 1.165) is 12.8 Å². The molecule has 0 aliphatic carbocycles. The Labute approximate surface area is 102 Å². The number of hydrazine groups is 1. The van der Waals surface area contributed by atoms with Gasteiger partial charge in [0.05, 0.1) is 11.3 Å². The molecule has 0 radical (unpaired) electrons. The van der Waals surface area contributed by atoms with Crippen molar-refractivity contribution >= 4 is 11.6 Å². The molecule has 0 atom stereocenters. The molecule has 5 nitrogen and oxygen atoms in total. The van der Waals surface area contributed by atoms with Crippen LogP contribution in [0.15, 0.2) is 18.5 Å². The fraction of sp³-hybridized carbons (Fsp3) is 0.500. The van der Waals surface area contributed by atoms with Crippen molar-refractivity contribution in [3.8, 4) is 0 Å². The van der Waals surface area contributed by atoms with Crippen molar-refractivity contribution in [3.63, 3.8) is 0 Å². The fourth-order valence-corrected chi connectivity index (χ4v) is 1.51. The molecule has 1 heterocycles. The van der Waals surface area contributed by atoms with Crippen LogP contribution in [0.2, 0.25) is 0 Å². The first-order chi connectivity index (χ1) is 8.15. The molecule has 0 saturated carbocycles. The number of hydrogen-bond acceptors (Lipinski definition) is 4. The van der Waals surface area contributed by atoms with Gasteiger partial charge in [0, 0.05) is 18.9 Å². The predicted molar refractivity (Wildman–Crippen MR) is 68.5 cm³/mol. The maximum absolute atomic E-state index is 11.8. The van der Waals surface area contributed by atoms with Crippen LogP contribution in [0.25, 0.3) is 0 Å². The van der Waals surface area contributed by atoms with Crippen molar-refractivity contribution < 1.29 is 4.79 Å². The zero-order chi connectivity index (χ0) is 12.7. The van der Waals surface area contributed by atoms with Gasteiger partial charge in [-0.25, -0.2) is 0 Å². The summed E-state index contributed by atoms with van der Waals surface area (Å²) in [6, 6.07) is 1.67. The third-order valence-electron chi connectivity index (χ3n) is 2.47. The second-order valence-corrected chi connectivity index (χ2v) is 4.36. The van der Waals surface area contributed by atoms with Crippen LogP contribution >= 0.6 is 0 Å². The largest absolute Gasteiger partial charge is 0.352 e. The summed E-state index contributed by atoms with van der Waals surface area (Å²) in [5.41, 5.74) is 3.54. The molecule has 0 aliphatic rings. The zero-order valence-corrected chi connectivity index (χ0v) is 10.4. The van der Waals surface area contributed by atoms with Crippen molar-refractivity contribution in [1.82, 2.24) is 10.3 Å². The van der Waals surface area contributed by atoms with Crippen molar-refractivity contribution in [2.24, 2.45) is 11.8 Å². The van der Waals surface area contributed by atoms with Crippen molar-refractivity contribution in [2.45, 2.75) is 26.7 Å². The Morgan fingerprint density at radius 1 is 1.53 bits per heavy atom. The number of rotatable bonds is 6. The molecule has 0 spiro atoms. The molecular weight excluding hydrogens is 216 g/mol. The molecule has 4 N–H and O–H groups in total. The summed E-state index contributed by atoms with van der Waals surface area (Å²) in [6.07, 6.45) is 5.18. The van der Waals surface area contributed by atoms with Gasteiger partial charge in [0.1, 0.15) is 0 Å². The van der Waals surface area contributed by atoms with E-state index in [9.17, 15) is 4.79 Å². The summed E-state index contributed by atoms with van der Waals surface area (Å²) < 4.78 is 0. The molecule has 0 fully saturated rings. The minimum Gasteiger partial charge on any atom is -0.352 e. The van der Waals surface area contributed by atoms with E-state index in [4.69, 9.17) is 5.84 Å². The number of carbonyl (C=O) groups is 1. The SMILES string of the molecule is CC(C)CCCNC(=O)c1cnccc1NN. The third kappa shape index (κ3) is 4.40. The number of amides is 1. The first-order valence-electron chi connectivity index (χ1n) is 5.84. The molecule has 0 aliphatic heterocycles. The van der Waals surface area contributed by atoms with Crippen LogP contribution in [0.1, 0.15) is 37.0 Å². The molecule has 1 aromatic heterocycles. The highest BCUT2D eigenvalue weighted by Crippen LogP contribution is 2.11. The van der Waals surface area contributed by atoms with Gasteiger partial charge in [-0.3, -0.25) is 15.6 Å². The van der Waals surface area contributed by atoms with E-state index in [-0.39, 0.29) is 5.91 Å². The molecule has 1 amide bonds. The summed E-state index contributed by atoms with van der Waals surface area (Å²) in [6.45, 7) is 5.01. The van der Waals surface area contributed by atoms with Gasteiger partial charge in [-0.1, -0.05) is 13.8 Å². The van der Waals surface area contributed by atoms with Gasteiger partial charge in [0.2, 0.25) is 0 Å². The lowest BCUT2D eigenvalue weighted by Crippen LogP contribution is -2.26. The monoisotopic (exact) mass is 236 g/mol. The zero-order valence-electron chi connectivity index (χ0n) is 10.4. The molecule has 1 aromatic rings. The van der Waals surface area contributed by atoms with Gasteiger partial charge in [-0.2, -0.15) is 0 Å². The standard InChI is InChI=1S/C12H20N4O/c1-9(2)4-3-6-15-12(17)10-8-14-7-5-11(10)16-13/h5,7-9H,3-4,6,13H2,1-2H3,(H,14,16)(H,15,17). The minimum absolute atomic E-state index is 0.144. The molecule has 17 heavy (non-hydrogen) atoms. The van der Waals surface area contributed by atoms with Crippen LogP contribution in [0.5, 0.6) is 0 Å². The molecule has 1 rings (SSSR count). The minimum atomic E-state index is -0.144. The van der Waals surface area contributed by atoms with Gasteiger partial charge < -0.3 is 10.7 Å². The average molecular weight is 236 g/mol. The molecule has 5 heteroatoms. The van der Waals surface area contributed by atoms with Crippen LogP contribution in [-0.4, -0.2) is 17.4 Å². The smallest absolute Gasteiger partial charge is 0.255 e. The summed E-state index contributed by atoms with van der Waals surface area (Å²) in [7, 11) is 0. The fourth-order valence-electron chi connectivity index (χ4n) is 1.51. The summed E-state index contributed by atoms with van der Waals surface area (Å²) in [4.78, 5) is 15.7. The lowest BCUT2D eigenvalue weighted by molar-refractivity contribution is 0.0953. The summed E-state index contributed by atoms with van der Waals surface area (Å²) in [5, 5.41) is 2.85. The number of carbonyl (C=O) groups excluding carboxylic acids is 1. The first kappa shape index (κ1) is 13.4. The van der Waals surface area contributed by atoms with Crippen molar-refractivity contribution in [3.05, 3.63) is 24.0 Å². The topological polar surface area (TPSA) is 80.0 Å². The maximum Gasteiger partial charge on any atom is 0.255 e. The molecule has 0 bridgehead atoms. The highest BCUT2D eigenvalue weighted by molar-refractivity contribution is 5.99. The number of nitrogens with one attached hydrogen (secondary N) is 2. The number of anilines is 1. The van der Waals surface area contributed by atoms with E-state index in [2.05, 4.69) is 29.6 Å². The quantitative estimate of drug-likeness (QED) is 0.397. The Hall–Kier alpha value is -1.62. The highest BCUT2D eigenvalue weighted by Gasteiger charge is 2.09. The second kappa shape index (κ2) is 6.85. The van der Waals surface area contributed by atoms with Gasteiger partial charge in [-0.15, -0.1) is 0 Å². The number of nitrogens with two attached hydrogens (primary N) is 1. The van der Waals surface area contributed by atoms with E-state index in [1.165, 1.54) is 6.20 Å². The van der Waals surface area contributed by atoms with Crippen LogP contribution < -0.4 is 16.6 Å². The lowest BCUT2D eigenvalue weighted by Gasteiger charge is -2.09. The second-order valence-electron chi connectivity index (χ2n) is 4.36. The number of hydrogen-bond donors (Lipinski definition) is 3. The Kier molecular flexibility index (Phi) is 5.42. The molecular formula is C12H20N4O. The van der Waals surface area contributed by atoms with E-state index in [1.807, 2.05) is 0 Å². The highest BCUT2D eigenvalue weighted by atomic mass is 16.1. The first-order valence-corrected chi connectivity index (χ1v) is 5.84. The van der Waals surface area contributed by atoms with Crippen molar-refractivity contribution in [2.75, 3.05) is 12.0 Å². The number of nitrogens with zero attached hydrogens (tertiary/aromatic N) is 1. The Morgan fingerprint density at radius 2 is 2.29 bits per heavy atom. The van der Waals surface area contributed by atoms with Crippen LogP contribution in [0.3, 0.4) is 0 Å². The summed E-state index contributed by atoms with van der Waals surface area (Å²) >= 11 is 0. The Balaban J connectivity index is 2.47. The third-order valence-corrected chi connectivity index (χ3v) is 2.47. The number of aromatic nitrogens is 1. The number of nitrogen functional groups attached to an aromatic ring is 1. The van der Waals surface area contributed by atoms with E-state index >= 15 is 0 Å². The van der Waals surface area contributed by atoms with Crippen LogP contribution in [0.4, 0.5) is 5.69 Å². The van der Waals surface area contributed by atoms with Gasteiger partial charge in [-0.05, 0) is 24.8 Å². The lowest BCUT2D eigenvalue weighted by atomic mass is 10.1. The molecule has 0 aromatic carbocycles. The van der Waals surface area contributed by atoms with E-state index in [0.29, 0.717) is 23.7 Å². The Bertz CT molecular complexity index is 365. The normalized spacial score (nSPS) is 10.4. The van der Waals surface area contributed by atoms with Crippen LogP contribution in [-0.2, 0) is 0 Å². The predicted octanol–water partition coefficient (Wildman–Crippen LogP) is 1.53. The van der Waals surface area contributed by atoms with Gasteiger partial charge in [0.15, 0.2) is 0 Å². The van der Waals surface area contributed by atoms with Crippen LogP contribution in [0, 0.1) is 5.92 Å². The average Bonchev–Trinajstić information content (AvgIpc) is 2.34. The van der Waals surface area contributed by atoms with Gasteiger partial charge in [0.25, 0.3) is 5.91 Å². The molecule has 0 saturated heterocycles. The Morgan fingerprint density at radius 3 is 2.94 bits per heavy atom. The van der Waals surface area contributed by atoms with E-state index in [1.54, 1.807) is 12.3 Å². The van der Waals surface area contributed by atoms with Crippen molar-refractivity contribution in [1.29, 1.82) is 0 Å². The number of pyridine rings is 1. The maximum atomic E-state index is 11.8. The van der Waals surface area contributed by atoms with Gasteiger partial charge >= 0.3 is 0 Å². The molecule has 94 valence electrons. The van der Waals surface area contributed by atoms with E-state index < -0.39 is 0 Å².